The Balaban J connectivity index is 2.77. The van der Waals surface area contributed by atoms with Crippen molar-refractivity contribution in [2.45, 2.75) is 26.7 Å². The van der Waals surface area contributed by atoms with Crippen LogP contribution < -0.4 is 10.6 Å². The maximum atomic E-state index is 6.29. The summed E-state index contributed by atoms with van der Waals surface area (Å²) in [6, 6.07) is 9.87. The molecule has 0 bridgehead atoms. The largest absolute Gasteiger partial charge is 0.457 e. The summed E-state index contributed by atoms with van der Waals surface area (Å²) in [6.07, 6.45) is 1.91. The Morgan fingerprint density at radius 3 is 1.94 bits per heavy atom. The van der Waals surface area contributed by atoms with Crippen LogP contribution in [0.2, 0.25) is 0 Å². The van der Waals surface area contributed by atoms with Crippen LogP contribution in [0.4, 0.5) is 0 Å². The molecule has 0 fully saturated rings. The summed E-state index contributed by atoms with van der Waals surface area (Å²) in [4.78, 5) is 0. The summed E-state index contributed by atoms with van der Waals surface area (Å²) in [5, 5.41) is 7.28. The summed E-state index contributed by atoms with van der Waals surface area (Å²) in [7, 11) is -2.67. The summed E-state index contributed by atoms with van der Waals surface area (Å²) >= 11 is 0. The third-order valence-corrected chi connectivity index (χ3v) is 4.62. The minimum Gasteiger partial charge on any atom is -0.379 e. The van der Waals surface area contributed by atoms with Gasteiger partial charge in [-0.25, -0.2) is 0 Å². The van der Waals surface area contributed by atoms with E-state index in [4.69, 9.17) is 14.3 Å². The summed E-state index contributed by atoms with van der Waals surface area (Å²) in [5.74, 6) is 0. The van der Waals surface area contributed by atoms with Crippen LogP contribution in [0.1, 0.15) is 26.7 Å². The molecule has 16 heavy (non-hydrogen) atoms. The normalized spacial score (nSPS) is 11.7. The smallest absolute Gasteiger partial charge is 0.379 e. The first-order chi connectivity index (χ1) is 7.73. The van der Waals surface area contributed by atoms with E-state index in [1.807, 2.05) is 30.3 Å². The molecule has 1 rings (SSSR count). The summed E-state index contributed by atoms with van der Waals surface area (Å²) < 4.78 is 11.5. The predicted molar refractivity (Wildman–Crippen MR) is 68.5 cm³/mol. The Morgan fingerprint density at radius 1 is 1.00 bits per heavy atom. The molecule has 90 valence electrons. The van der Waals surface area contributed by atoms with E-state index < -0.39 is 8.72 Å². The van der Waals surface area contributed by atoms with Crippen LogP contribution in [0.3, 0.4) is 0 Å². The number of benzene rings is 1. The van der Waals surface area contributed by atoms with Gasteiger partial charge in [-0.2, -0.15) is 0 Å². The summed E-state index contributed by atoms with van der Waals surface area (Å²) in [5.41, 5.74) is 0. The number of nitrogens with two attached hydrogens (primary N) is 1. The molecule has 0 spiro atoms. The lowest BCUT2D eigenvalue weighted by Crippen LogP contribution is -2.62. The SMILES string of the molecule is CCCO[Si](N)(OCCC)c1ccccc1. The second kappa shape index (κ2) is 6.80. The lowest BCUT2D eigenvalue weighted by atomic mass is 10.4. The molecule has 0 aliphatic rings. The van der Waals surface area contributed by atoms with E-state index in [0.717, 1.165) is 18.0 Å². The van der Waals surface area contributed by atoms with E-state index in [9.17, 15) is 0 Å². The fraction of sp³-hybridized carbons (Fsp3) is 0.500. The van der Waals surface area contributed by atoms with Crippen LogP contribution in [0.25, 0.3) is 0 Å². The molecular weight excluding hydrogens is 218 g/mol. The van der Waals surface area contributed by atoms with Crippen LogP contribution in [0.5, 0.6) is 0 Å². The van der Waals surface area contributed by atoms with Gasteiger partial charge in [0.1, 0.15) is 0 Å². The van der Waals surface area contributed by atoms with E-state index in [2.05, 4.69) is 13.8 Å². The van der Waals surface area contributed by atoms with Crippen molar-refractivity contribution >= 4 is 13.9 Å². The Labute approximate surface area is 98.9 Å². The molecule has 0 saturated heterocycles. The molecule has 0 radical (unpaired) electrons. The molecule has 0 unspecified atom stereocenters. The zero-order valence-electron chi connectivity index (χ0n) is 10.1. The fourth-order valence-electron chi connectivity index (χ4n) is 1.39. The Bertz CT molecular complexity index is 284. The molecule has 0 heterocycles. The van der Waals surface area contributed by atoms with Crippen LogP contribution in [-0.4, -0.2) is 21.9 Å². The second-order valence-corrected chi connectivity index (χ2v) is 6.22. The molecule has 1 aromatic rings. The highest BCUT2D eigenvalue weighted by Gasteiger charge is 2.35. The third-order valence-electron chi connectivity index (χ3n) is 2.22. The number of rotatable bonds is 7. The van der Waals surface area contributed by atoms with Crippen molar-refractivity contribution in [2.75, 3.05) is 13.2 Å². The van der Waals surface area contributed by atoms with Gasteiger partial charge in [-0.05, 0) is 12.8 Å². The number of hydrogen-bond donors (Lipinski definition) is 1. The molecule has 3 nitrogen and oxygen atoms in total. The zero-order valence-corrected chi connectivity index (χ0v) is 11.1. The Morgan fingerprint density at radius 2 is 1.50 bits per heavy atom. The first-order valence-corrected chi connectivity index (χ1v) is 7.74. The van der Waals surface area contributed by atoms with Gasteiger partial charge in [0, 0.05) is 18.4 Å². The van der Waals surface area contributed by atoms with E-state index in [1.165, 1.54) is 0 Å². The van der Waals surface area contributed by atoms with Gasteiger partial charge in [0.2, 0.25) is 0 Å². The average Bonchev–Trinajstić information content (AvgIpc) is 2.35. The van der Waals surface area contributed by atoms with Crippen molar-refractivity contribution < 1.29 is 8.85 Å². The van der Waals surface area contributed by atoms with Crippen molar-refractivity contribution in [2.24, 2.45) is 5.40 Å². The van der Waals surface area contributed by atoms with Gasteiger partial charge < -0.3 is 14.3 Å². The van der Waals surface area contributed by atoms with Crippen molar-refractivity contribution in [3.63, 3.8) is 0 Å². The van der Waals surface area contributed by atoms with Gasteiger partial charge in [-0.1, -0.05) is 44.2 Å². The highest BCUT2D eigenvalue weighted by Crippen LogP contribution is 2.03. The highest BCUT2D eigenvalue weighted by molar-refractivity contribution is 6.78. The van der Waals surface area contributed by atoms with Crippen molar-refractivity contribution in [1.29, 1.82) is 0 Å². The molecule has 0 saturated carbocycles. The molecular formula is C12H21NO2Si. The number of hydrogen-bond acceptors (Lipinski definition) is 3. The lowest BCUT2D eigenvalue weighted by Gasteiger charge is -2.25. The van der Waals surface area contributed by atoms with Crippen molar-refractivity contribution in [3.8, 4) is 0 Å². The minimum absolute atomic E-state index is 0.654. The quantitative estimate of drug-likeness (QED) is 0.736. The topological polar surface area (TPSA) is 44.5 Å². The van der Waals surface area contributed by atoms with Crippen LogP contribution in [0, 0.1) is 0 Å². The predicted octanol–water partition coefficient (Wildman–Crippen LogP) is 1.64. The lowest BCUT2D eigenvalue weighted by molar-refractivity contribution is 0.181. The van der Waals surface area contributed by atoms with Crippen LogP contribution >= 0.6 is 0 Å². The van der Waals surface area contributed by atoms with E-state index in [0.29, 0.717) is 13.2 Å². The fourth-order valence-corrected chi connectivity index (χ4v) is 3.47. The average molecular weight is 239 g/mol. The van der Waals surface area contributed by atoms with Gasteiger partial charge >= 0.3 is 8.72 Å². The third kappa shape index (κ3) is 3.72. The van der Waals surface area contributed by atoms with E-state index >= 15 is 0 Å². The molecule has 0 atom stereocenters. The molecule has 1 aromatic carbocycles. The van der Waals surface area contributed by atoms with Gasteiger partial charge in [0.15, 0.2) is 0 Å². The maximum absolute atomic E-state index is 6.29. The van der Waals surface area contributed by atoms with Gasteiger partial charge in [0.25, 0.3) is 0 Å². The first kappa shape index (κ1) is 13.4. The molecule has 4 heteroatoms. The monoisotopic (exact) mass is 239 g/mol. The Hall–Kier alpha value is -0.683. The van der Waals surface area contributed by atoms with Gasteiger partial charge in [0.05, 0.1) is 0 Å². The standard InChI is InChI=1S/C12H21NO2Si/c1-3-10-14-16(13,15-11-4-2)12-8-6-5-7-9-12/h5-9H,3-4,10-11,13H2,1-2H3. The molecule has 0 aliphatic heterocycles. The molecule has 0 aromatic heterocycles. The molecule has 2 N–H and O–H groups in total. The first-order valence-electron chi connectivity index (χ1n) is 5.85. The van der Waals surface area contributed by atoms with Gasteiger partial charge in [-0.15, -0.1) is 0 Å². The zero-order chi connectivity index (χ0) is 11.9. The second-order valence-electron chi connectivity index (χ2n) is 3.73. The van der Waals surface area contributed by atoms with Crippen LogP contribution in [-0.2, 0) is 8.85 Å². The maximum Gasteiger partial charge on any atom is 0.457 e. The Kier molecular flexibility index (Phi) is 5.69. The van der Waals surface area contributed by atoms with Crippen molar-refractivity contribution in [3.05, 3.63) is 30.3 Å². The van der Waals surface area contributed by atoms with E-state index in [1.54, 1.807) is 0 Å². The van der Waals surface area contributed by atoms with Crippen molar-refractivity contribution in [1.82, 2.24) is 0 Å². The summed E-state index contributed by atoms with van der Waals surface area (Å²) in [6.45, 7) is 5.45. The molecule has 0 aliphatic carbocycles. The minimum atomic E-state index is -2.67. The van der Waals surface area contributed by atoms with E-state index in [-0.39, 0.29) is 0 Å². The van der Waals surface area contributed by atoms with Gasteiger partial charge in [-0.3, -0.25) is 0 Å². The molecule has 0 amide bonds. The highest BCUT2D eigenvalue weighted by atomic mass is 28.4. The van der Waals surface area contributed by atoms with Crippen LogP contribution in [0.15, 0.2) is 30.3 Å².